The van der Waals surface area contributed by atoms with Crippen LogP contribution in [0.1, 0.15) is 0 Å². The lowest BCUT2D eigenvalue weighted by Crippen LogP contribution is -2.50. The Morgan fingerprint density at radius 2 is 1.83 bits per heavy atom. The fourth-order valence-electron chi connectivity index (χ4n) is 3.50. The lowest BCUT2D eigenvalue weighted by Gasteiger charge is -2.36. The largest absolute Gasteiger partial charge is 0.497 e. The molecule has 3 aromatic rings. The van der Waals surface area contributed by atoms with Crippen LogP contribution < -0.4 is 15.2 Å². The van der Waals surface area contributed by atoms with Crippen molar-refractivity contribution in [3.63, 3.8) is 0 Å². The first-order valence-electron chi connectivity index (χ1n) is 9.36. The molecule has 29 heavy (non-hydrogen) atoms. The molecular weight excluding hydrogens is 436 g/mol. The number of methoxy groups -OCH3 is 1. The Kier molecular flexibility index (Phi) is 5.53. The Labute approximate surface area is 176 Å². The number of piperazine rings is 1. The Morgan fingerprint density at radius 1 is 1.10 bits per heavy atom. The number of carbonyl (C=O) groups is 1. The minimum atomic E-state index is -0.207. The highest BCUT2D eigenvalue weighted by Crippen LogP contribution is 2.20. The van der Waals surface area contributed by atoms with Crippen LogP contribution in [0, 0.1) is 0 Å². The number of anilines is 1. The van der Waals surface area contributed by atoms with Crippen molar-refractivity contribution in [2.75, 3.05) is 38.2 Å². The van der Waals surface area contributed by atoms with Crippen LogP contribution in [-0.2, 0) is 11.3 Å². The number of nitrogens with zero attached hydrogens (tertiary/aromatic N) is 4. The third-order valence-electron chi connectivity index (χ3n) is 5.16. The monoisotopic (exact) mass is 456 g/mol. The molecule has 7 nitrogen and oxygen atoms in total. The van der Waals surface area contributed by atoms with Crippen LogP contribution in [-0.4, -0.2) is 53.6 Å². The van der Waals surface area contributed by atoms with Gasteiger partial charge in [-0.05, 0) is 42.5 Å². The van der Waals surface area contributed by atoms with Crippen LogP contribution >= 0.6 is 15.9 Å². The Balaban J connectivity index is 1.41. The van der Waals surface area contributed by atoms with Crippen molar-refractivity contribution >= 4 is 38.4 Å². The second-order valence-corrected chi connectivity index (χ2v) is 7.82. The van der Waals surface area contributed by atoms with E-state index in [0.717, 1.165) is 29.0 Å². The molecule has 1 fully saturated rings. The van der Waals surface area contributed by atoms with Gasteiger partial charge < -0.3 is 14.5 Å². The van der Waals surface area contributed by atoms with E-state index >= 15 is 0 Å². The number of rotatable bonds is 4. The van der Waals surface area contributed by atoms with Crippen molar-refractivity contribution in [2.24, 2.45) is 0 Å². The predicted molar refractivity (Wildman–Crippen MR) is 115 cm³/mol. The maximum Gasteiger partial charge on any atom is 0.261 e. The van der Waals surface area contributed by atoms with Gasteiger partial charge in [0.25, 0.3) is 5.56 Å². The molecular formula is C21H21BrN4O3. The molecule has 0 radical (unpaired) electrons. The van der Waals surface area contributed by atoms with Crippen LogP contribution in [0.3, 0.4) is 0 Å². The number of halogens is 1. The van der Waals surface area contributed by atoms with E-state index in [1.54, 1.807) is 24.1 Å². The summed E-state index contributed by atoms with van der Waals surface area (Å²) in [5, 5.41) is 0.499. The zero-order valence-electron chi connectivity index (χ0n) is 16.0. The number of hydrogen-bond donors (Lipinski definition) is 0. The molecule has 1 aromatic heterocycles. The molecule has 0 unspecified atom stereocenters. The van der Waals surface area contributed by atoms with Gasteiger partial charge in [0, 0.05) is 36.3 Å². The van der Waals surface area contributed by atoms with E-state index in [9.17, 15) is 9.59 Å². The minimum absolute atomic E-state index is 0.00315. The maximum atomic E-state index is 12.7. The summed E-state index contributed by atoms with van der Waals surface area (Å²) in [4.78, 5) is 33.8. The predicted octanol–water partition coefficient (Wildman–Crippen LogP) is 2.52. The van der Waals surface area contributed by atoms with E-state index in [1.807, 2.05) is 30.3 Å². The quantitative estimate of drug-likeness (QED) is 0.603. The highest BCUT2D eigenvalue weighted by Gasteiger charge is 2.22. The standard InChI is InChI=1S/C21H21BrN4O3/c1-29-17-5-3-16(4-6-17)24-8-10-25(11-9-24)20(27)13-26-14-23-19-7-2-15(22)12-18(19)21(26)28/h2-7,12,14H,8-11,13H2,1H3. The molecule has 1 aliphatic heterocycles. The molecule has 1 amide bonds. The van der Waals surface area contributed by atoms with Gasteiger partial charge in [0.05, 0.1) is 24.3 Å². The lowest BCUT2D eigenvalue weighted by atomic mass is 10.2. The minimum Gasteiger partial charge on any atom is -0.497 e. The highest BCUT2D eigenvalue weighted by molar-refractivity contribution is 9.10. The highest BCUT2D eigenvalue weighted by atomic mass is 79.9. The molecule has 0 atom stereocenters. The second kappa shape index (κ2) is 8.24. The molecule has 2 aromatic carbocycles. The second-order valence-electron chi connectivity index (χ2n) is 6.90. The number of aromatic nitrogens is 2. The zero-order chi connectivity index (χ0) is 20.4. The molecule has 2 heterocycles. The fraction of sp³-hybridized carbons (Fsp3) is 0.286. The van der Waals surface area contributed by atoms with Gasteiger partial charge in [-0.3, -0.25) is 14.2 Å². The number of carbonyl (C=O) groups excluding carboxylic acids is 1. The molecule has 150 valence electrons. The number of hydrogen-bond acceptors (Lipinski definition) is 5. The van der Waals surface area contributed by atoms with Crippen molar-refractivity contribution in [1.29, 1.82) is 0 Å². The molecule has 8 heteroatoms. The first-order chi connectivity index (χ1) is 14.0. The summed E-state index contributed by atoms with van der Waals surface area (Å²) < 4.78 is 7.39. The molecule has 0 saturated carbocycles. The van der Waals surface area contributed by atoms with Crippen molar-refractivity contribution in [2.45, 2.75) is 6.54 Å². The summed E-state index contributed by atoms with van der Waals surface area (Å²) >= 11 is 3.37. The Hall–Kier alpha value is -2.87. The number of amides is 1. The number of benzene rings is 2. The number of fused-ring (bicyclic) bond motifs is 1. The summed E-state index contributed by atoms with van der Waals surface area (Å²) in [6.45, 7) is 2.72. The Bertz CT molecular complexity index is 1090. The lowest BCUT2D eigenvalue weighted by molar-refractivity contribution is -0.132. The van der Waals surface area contributed by atoms with E-state index in [1.165, 1.54) is 10.9 Å². The van der Waals surface area contributed by atoms with E-state index in [0.29, 0.717) is 24.0 Å². The van der Waals surface area contributed by atoms with E-state index < -0.39 is 0 Å². The summed E-state index contributed by atoms with van der Waals surface area (Å²) in [6.07, 6.45) is 1.45. The number of ether oxygens (including phenoxy) is 1. The van der Waals surface area contributed by atoms with Crippen molar-refractivity contribution in [3.05, 3.63) is 63.6 Å². The smallest absolute Gasteiger partial charge is 0.261 e. The molecule has 1 saturated heterocycles. The van der Waals surface area contributed by atoms with Crippen LogP contribution in [0.15, 0.2) is 58.1 Å². The van der Waals surface area contributed by atoms with Crippen LogP contribution in [0.25, 0.3) is 10.9 Å². The molecule has 0 bridgehead atoms. The van der Waals surface area contributed by atoms with Gasteiger partial charge in [0.1, 0.15) is 12.3 Å². The summed E-state index contributed by atoms with van der Waals surface area (Å²) in [6, 6.07) is 13.3. The molecule has 4 rings (SSSR count). The van der Waals surface area contributed by atoms with Gasteiger partial charge in [-0.15, -0.1) is 0 Å². The third-order valence-corrected chi connectivity index (χ3v) is 5.65. The summed E-state index contributed by atoms with van der Waals surface area (Å²) in [7, 11) is 1.65. The van der Waals surface area contributed by atoms with E-state index in [-0.39, 0.29) is 18.0 Å². The fourth-order valence-corrected chi connectivity index (χ4v) is 3.86. The van der Waals surface area contributed by atoms with Crippen LogP contribution in [0.4, 0.5) is 5.69 Å². The van der Waals surface area contributed by atoms with Gasteiger partial charge in [-0.2, -0.15) is 0 Å². The van der Waals surface area contributed by atoms with Crippen molar-refractivity contribution < 1.29 is 9.53 Å². The normalized spacial score (nSPS) is 14.3. The zero-order valence-corrected chi connectivity index (χ0v) is 17.6. The van der Waals surface area contributed by atoms with Gasteiger partial charge in [-0.25, -0.2) is 4.98 Å². The SMILES string of the molecule is COc1ccc(N2CCN(C(=O)Cn3cnc4ccc(Br)cc4c3=O)CC2)cc1. The molecule has 0 aliphatic carbocycles. The third kappa shape index (κ3) is 4.12. The first kappa shape index (κ1) is 19.4. The summed E-state index contributed by atoms with van der Waals surface area (Å²) in [5.41, 5.74) is 1.52. The van der Waals surface area contributed by atoms with Gasteiger partial charge >= 0.3 is 0 Å². The Morgan fingerprint density at radius 3 is 2.52 bits per heavy atom. The molecule has 0 spiro atoms. The average molecular weight is 457 g/mol. The average Bonchev–Trinajstić information content (AvgIpc) is 2.76. The van der Waals surface area contributed by atoms with Crippen molar-refractivity contribution in [1.82, 2.24) is 14.5 Å². The van der Waals surface area contributed by atoms with Crippen molar-refractivity contribution in [3.8, 4) is 5.75 Å². The van der Waals surface area contributed by atoms with Crippen LogP contribution in [0.2, 0.25) is 0 Å². The maximum absolute atomic E-state index is 12.7. The van der Waals surface area contributed by atoms with E-state index in [2.05, 4.69) is 25.8 Å². The first-order valence-corrected chi connectivity index (χ1v) is 10.2. The van der Waals surface area contributed by atoms with Crippen LogP contribution in [0.5, 0.6) is 5.75 Å². The van der Waals surface area contributed by atoms with Gasteiger partial charge in [0.15, 0.2) is 0 Å². The molecule has 0 N–H and O–H groups in total. The van der Waals surface area contributed by atoms with E-state index in [4.69, 9.17) is 4.74 Å². The summed E-state index contributed by atoms with van der Waals surface area (Å²) in [5.74, 6) is 0.752. The topological polar surface area (TPSA) is 67.7 Å². The van der Waals surface area contributed by atoms with Gasteiger partial charge in [0.2, 0.25) is 5.91 Å². The van der Waals surface area contributed by atoms with Gasteiger partial charge in [-0.1, -0.05) is 15.9 Å². The molecule has 1 aliphatic rings.